The molecular weight excluding hydrogens is 210 g/mol. The predicted octanol–water partition coefficient (Wildman–Crippen LogP) is 2.72. The summed E-state index contributed by atoms with van der Waals surface area (Å²) < 4.78 is 5.84. The van der Waals surface area contributed by atoms with E-state index < -0.39 is 0 Å². The minimum atomic E-state index is 0.664. The molecule has 92 valence electrons. The van der Waals surface area contributed by atoms with Crippen LogP contribution in [0, 0.1) is 5.92 Å². The topological polar surface area (TPSA) is 21.3 Å². The van der Waals surface area contributed by atoms with E-state index in [0.717, 1.165) is 13.0 Å². The predicted molar refractivity (Wildman–Crippen MR) is 69.6 cm³/mol. The first-order chi connectivity index (χ1) is 8.31. The smallest absolute Gasteiger partial charge is 0.126 e. The summed E-state index contributed by atoms with van der Waals surface area (Å²) in [5, 5.41) is 3.44. The first kappa shape index (κ1) is 11.1. The molecule has 0 spiro atoms. The Morgan fingerprint density at radius 1 is 1.29 bits per heavy atom. The Bertz CT molecular complexity index is 415. The minimum absolute atomic E-state index is 0.664. The molecule has 1 fully saturated rings. The van der Waals surface area contributed by atoms with Crippen LogP contribution in [0.3, 0.4) is 0 Å². The van der Waals surface area contributed by atoms with E-state index >= 15 is 0 Å². The van der Waals surface area contributed by atoms with Gasteiger partial charge in [0.25, 0.3) is 0 Å². The van der Waals surface area contributed by atoms with Crippen molar-refractivity contribution >= 4 is 0 Å². The maximum atomic E-state index is 5.84. The molecule has 0 saturated heterocycles. The van der Waals surface area contributed by atoms with Crippen LogP contribution in [-0.4, -0.2) is 19.7 Å². The van der Waals surface area contributed by atoms with Crippen LogP contribution >= 0.6 is 0 Å². The van der Waals surface area contributed by atoms with Gasteiger partial charge in [0.2, 0.25) is 0 Å². The highest BCUT2D eigenvalue weighted by Gasteiger charge is 2.35. The fourth-order valence-corrected chi connectivity index (χ4v) is 3.54. The van der Waals surface area contributed by atoms with Crippen LogP contribution in [0.1, 0.15) is 36.8 Å². The summed E-state index contributed by atoms with van der Waals surface area (Å²) in [6, 6.07) is 7.34. The molecule has 17 heavy (non-hydrogen) atoms. The molecule has 0 amide bonds. The van der Waals surface area contributed by atoms with Gasteiger partial charge in [-0.3, -0.25) is 0 Å². The van der Waals surface area contributed by atoms with Crippen molar-refractivity contribution in [1.29, 1.82) is 0 Å². The number of hydrogen-bond acceptors (Lipinski definition) is 2. The van der Waals surface area contributed by atoms with Crippen molar-refractivity contribution in [3.8, 4) is 5.75 Å². The van der Waals surface area contributed by atoms with Gasteiger partial charge in [-0.05, 0) is 42.9 Å². The van der Waals surface area contributed by atoms with Crippen molar-refractivity contribution in [3.63, 3.8) is 0 Å². The van der Waals surface area contributed by atoms with E-state index in [1.165, 1.54) is 29.7 Å². The van der Waals surface area contributed by atoms with E-state index in [0.29, 0.717) is 17.9 Å². The highest BCUT2D eigenvalue weighted by Crippen LogP contribution is 2.45. The van der Waals surface area contributed by atoms with Gasteiger partial charge in [-0.25, -0.2) is 0 Å². The molecule has 3 atom stereocenters. The first-order valence-corrected chi connectivity index (χ1v) is 6.73. The maximum Gasteiger partial charge on any atom is 0.126 e. The molecule has 1 heterocycles. The molecule has 0 bridgehead atoms. The van der Waals surface area contributed by atoms with E-state index in [9.17, 15) is 0 Å². The molecule has 2 aliphatic rings. The van der Waals surface area contributed by atoms with Crippen molar-refractivity contribution in [1.82, 2.24) is 5.32 Å². The number of ether oxygens (including phenoxy) is 1. The van der Waals surface area contributed by atoms with E-state index in [1.54, 1.807) is 0 Å². The number of benzene rings is 1. The SMILES string of the molecule is CNC1CCC(c2cccc3c2OCC3)C1C. The van der Waals surface area contributed by atoms with E-state index in [4.69, 9.17) is 4.74 Å². The summed E-state index contributed by atoms with van der Waals surface area (Å²) in [5.74, 6) is 2.57. The van der Waals surface area contributed by atoms with Gasteiger partial charge in [0.05, 0.1) is 6.61 Å². The van der Waals surface area contributed by atoms with E-state index in [1.807, 2.05) is 0 Å². The Kier molecular flexibility index (Phi) is 2.83. The zero-order valence-electron chi connectivity index (χ0n) is 10.7. The van der Waals surface area contributed by atoms with Crippen LogP contribution in [0.25, 0.3) is 0 Å². The number of fused-ring (bicyclic) bond motifs is 1. The number of nitrogens with one attached hydrogen (secondary N) is 1. The molecule has 3 unspecified atom stereocenters. The summed E-state index contributed by atoms with van der Waals surface area (Å²) in [4.78, 5) is 0. The van der Waals surface area contributed by atoms with Gasteiger partial charge < -0.3 is 10.1 Å². The average molecular weight is 231 g/mol. The lowest BCUT2D eigenvalue weighted by molar-refractivity contribution is 0.345. The molecule has 1 aliphatic heterocycles. The first-order valence-electron chi connectivity index (χ1n) is 6.73. The second kappa shape index (κ2) is 4.34. The van der Waals surface area contributed by atoms with Gasteiger partial charge in [0.15, 0.2) is 0 Å². The fraction of sp³-hybridized carbons (Fsp3) is 0.600. The lowest BCUT2D eigenvalue weighted by Gasteiger charge is -2.22. The quantitative estimate of drug-likeness (QED) is 0.845. The molecule has 3 rings (SSSR count). The molecule has 1 aliphatic carbocycles. The van der Waals surface area contributed by atoms with E-state index in [2.05, 4.69) is 37.5 Å². The molecule has 1 aromatic carbocycles. The molecule has 1 N–H and O–H groups in total. The van der Waals surface area contributed by atoms with Crippen molar-refractivity contribution in [2.75, 3.05) is 13.7 Å². The third-order valence-electron chi connectivity index (χ3n) is 4.57. The van der Waals surface area contributed by atoms with Gasteiger partial charge in [-0.1, -0.05) is 25.1 Å². The molecule has 2 nitrogen and oxygen atoms in total. The maximum absolute atomic E-state index is 5.84. The monoisotopic (exact) mass is 231 g/mol. The summed E-state index contributed by atoms with van der Waals surface area (Å²) >= 11 is 0. The number of rotatable bonds is 2. The van der Waals surface area contributed by atoms with Gasteiger partial charge in [0, 0.05) is 12.5 Å². The lowest BCUT2D eigenvalue weighted by Crippen LogP contribution is -2.28. The summed E-state index contributed by atoms with van der Waals surface area (Å²) in [6.45, 7) is 3.23. The molecule has 0 aromatic heterocycles. The summed E-state index contributed by atoms with van der Waals surface area (Å²) in [5.41, 5.74) is 2.85. The summed E-state index contributed by atoms with van der Waals surface area (Å²) in [7, 11) is 2.08. The lowest BCUT2D eigenvalue weighted by atomic mass is 9.87. The minimum Gasteiger partial charge on any atom is -0.493 e. The third-order valence-corrected chi connectivity index (χ3v) is 4.57. The molecular formula is C15H21NO. The molecule has 2 heteroatoms. The van der Waals surface area contributed by atoms with Crippen LogP contribution in [-0.2, 0) is 6.42 Å². The summed E-state index contributed by atoms with van der Waals surface area (Å²) in [6.07, 6.45) is 3.65. The van der Waals surface area contributed by atoms with Crippen LogP contribution in [0.4, 0.5) is 0 Å². The van der Waals surface area contributed by atoms with Crippen LogP contribution < -0.4 is 10.1 Å². The van der Waals surface area contributed by atoms with Crippen molar-refractivity contribution in [3.05, 3.63) is 29.3 Å². The molecule has 1 aromatic rings. The second-order valence-electron chi connectivity index (χ2n) is 5.37. The molecule has 0 radical (unpaired) electrons. The molecule has 1 saturated carbocycles. The normalized spacial score (nSPS) is 31.3. The largest absolute Gasteiger partial charge is 0.493 e. The second-order valence-corrected chi connectivity index (χ2v) is 5.37. The Morgan fingerprint density at radius 3 is 2.94 bits per heavy atom. The standard InChI is InChI=1S/C15H21NO/c1-10-12(6-7-14(10)16-2)13-5-3-4-11-8-9-17-15(11)13/h3-5,10,12,14,16H,6-9H2,1-2H3. The highest BCUT2D eigenvalue weighted by atomic mass is 16.5. The van der Waals surface area contributed by atoms with Crippen molar-refractivity contribution in [2.45, 2.75) is 38.1 Å². The Labute approximate surface area is 103 Å². The van der Waals surface area contributed by atoms with Gasteiger partial charge in [-0.15, -0.1) is 0 Å². The zero-order chi connectivity index (χ0) is 11.8. The van der Waals surface area contributed by atoms with Gasteiger partial charge in [-0.2, -0.15) is 0 Å². The van der Waals surface area contributed by atoms with Gasteiger partial charge in [0.1, 0.15) is 5.75 Å². The van der Waals surface area contributed by atoms with Crippen LogP contribution in [0.2, 0.25) is 0 Å². The van der Waals surface area contributed by atoms with Crippen LogP contribution in [0.15, 0.2) is 18.2 Å². The number of hydrogen-bond donors (Lipinski definition) is 1. The third kappa shape index (κ3) is 1.75. The fourth-order valence-electron chi connectivity index (χ4n) is 3.54. The van der Waals surface area contributed by atoms with Crippen LogP contribution in [0.5, 0.6) is 5.75 Å². The average Bonchev–Trinajstić information content (AvgIpc) is 2.94. The Morgan fingerprint density at radius 2 is 2.18 bits per heavy atom. The Hall–Kier alpha value is -1.02. The van der Waals surface area contributed by atoms with Crippen molar-refractivity contribution < 1.29 is 4.74 Å². The Balaban J connectivity index is 1.93. The number of para-hydroxylation sites is 1. The highest BCUT2D eigenvalue weighted by molar-refractivity contribution is 5.46. The van der Waals surface area contributed by atoms with Gasteiger partial charge >= 0.3 is 0 Å². The zero-order valence-corrected chi connectivity index (χ0v) is 10.7. The van der Waals surface area contributed by atoms with E-state index in [-0.39, 0.29) is 0 Å². The van der Waals surface area contributed by atoms with Crippen molar-refractivity contribution in [2.24, 2.45) is 5.92 Å².